The van der Waals surface area contributed by atoms with Crippen molar-refractivity contribution >= 4 is 28.3 Å². The first kappa shape index (κ1) is 18.2. The number of amides is 2. The summed E-state index contributed by atoms with van der Waals surface area (Å²) in [5.41, 5.74) is 1.35. The molecule has 0 saturated heterocycles. The van der Waals surface area contributed by atoms with Crippen molar-refractivity contribution in [3.63, 3.8) is 0 Å². The number of thiazole rings is 1. The van der Waals surface area contributed by atoms with Gasteiger partial charge < -0.3 is 9.64 Å². The first-order chi connectivity index (χ1) is 13.5. The number of carbonyl (C=O) groups excluding carboxylic acids is 2. The van der Waals surface area contributed by atoms with E-state index in [9.17, 15) is 9.59 Å². The Morgan fingerprint density at radius 1 is 1.29 bits per heavy atom. The van der Waals surface area contributed by atoms with Crippen LogP contribution in [0.4, 0.5) is 5.13 Å². The van der Waals surface area contributed by atoms with Crippen LogP contribution in [0.3, 0.4) is 0 Å². The van der Waals surface area contributed by atoms with Gasteiger partial charge >= 0.3 is 0 Å². The van der Waals surface area contributed by atoms with Crippen LogP contribution >= 0.6 is 11.3 Å². The third kappa shape index (κ3) is 3.61. The van der Waals surface area contributed by atoms with Gasteiger partial charge in [0.2, 0.25) is 0 Å². The molecule has 1 aromatic carbocycles. The molecular weight excluding hydrogens is 378 g/mol. The summed E-state index contributed by atoms with van der Waals surface area (Å²) in [4.78, 5) is 30.7. The highest BCUT2D eigenvalue weighted by atomic mass is 32.1. The molecule has 2 amide bonds. The molecule has 1 atom stereocenters. The van der Waals surface area contributed by atoms with Crippen molar-refractivity contribution in [3.8, 4) is 5.75 Å². The predicted molar refractivity (Wildman–Crippen MR) is 105 cm³/mol. The Kier molecular flexibility index (Phi) is 4.82. The molecule has 144 valence electrons. The number of para-hydroxylation sites is 1. The second-order valence-corrected chi connectivity index (χ2v) is 7.33. The van der Waals surface area contributed by atoms with E-state index in [2.05, 4.69) is 15.4 Å². The Bertz CT molecular complexity index is 1010. The van der Waals surface area contributed by atoms with E-state index < -0.39 is 5.91 Å². The summed E-state index contributed by atoms with van der Waals surface area (Å²) in [5.74, 6) is 0.225. The molecule has 4 rings (SSSR count). The average molecular weight is 397 g/mol. The number of aromatic nitrogens is 3. The second kappa shape index (κ2) is 7.43. The fraction of sp³-hybridized carbons (Fsp3) is 0.263. The van der Waals surface area contributed by atoms with Crippen molar-refractivity contribution in [1.82, 2.24) is 19.7 Å². The zero-order valence-corrected chi connectivity index (χ0v) is 16.3. The maximum atomic E-state index is 12.5. The second-order valence-electron chi connectivity index (χ2n) is 6.47. The Labute approximate surface area is 165 Å². The molecule has 9 heteroatoms. The molecule has 1 N–H and O–H groups in total. The lowest BCUT2D eigenvalue weighted by Crippen LogP contribution is -2.37. The first-order valence-corrected chi connectivity index (χ1v) is 9.71. The van der Waals surface area contributed by atoms with E-state index in [1.807, 2.05) is 42.6 Å². The van der Waals surface area contributed by atoms with E-state index in [4.69, 9.17) is 4.74 Å². The van der Waals surface area contributed by atoms with Crippen LogP contribution < -0.4 is 10.1 Å². The van der Waals surface area contributed by atoms with Crippen LogP contribution in [0.25, 0.3) is 0 Å². The molecule has 0 saturated carbocycles. The third-order valence-corrected chi connectivity index (χ3v) is 5.22. The van der Waals surface area contributed by atoms with Crippen molar-refractivity contribution in [2.45, 2.75) is 19.6 Å². The predicted octanol–water partition coefficient (Wildman–Crippen LogP) is 2.82. The number of rotatable bonds is 5. The standard InChI is InChI=1S/C19H19N5O3S/c1-12(27-13-6-4-3-5-7-13)15-11-28-19(20-15)21-17(25)14-10-16-18(26)23(2)8-9-24(16)22-14/h3-7,10-12H,8-9H2,1-2H3,(H,20,21,25). The average Bonchev–Trinajstić information content (AvgIpc) is 3.33. The van der Waals surface area contributed by atoms with Gasteiger partial charge in [-0.3, -0.25) is 19.6 Å². The van der Waals surface area contributed by atoms with Crippen molar-refractivity contribution in [2.24, 2.45) is 0 Å². The largest absolute Gasteiger partial charge is 0.484 e. The quantitative estimate of drug-likeness (QED) is 0.715. The van der Waals surface area contributed by atoms with E-state index >= 15 is 0 Å². The summed E-state index contributed by atoms with van der Waals surface area (Å²) < 4.78 is 7.42. The molecule has 0 aliphatic carbocycles. The lowest BCUT2D eigenvalue weighted by Gasteiger charge is -2.22. The van der Waals surface area contributed by atoms with Gasteiger partial charge in [-0.15, -0.1) is 11.3 Å². The zero-order chi connectivity index (χ0) is 19.7. The van der Waals surface area contributed by atoms with E-state index in [-0.39, 0.29) is 17.7 Å². The number of hydrogen-bond acceptors (Lipinski definition) is 6. The van der Waals surface area contributed by atoms with E-state index in [0.29, 0.717) is 23.9 Å². The molecule has 1 unspecified atom stereocenters. The highest BCUT2D eigenvalue weighted by Gasteiger charge is 2.26. The Morgan fingerprint density at radius 2 is 2.07 bits per heavy atom. The van der Waals surface area contributed by atoms with Gasteiger partial charge in [-0.05, 0) is 19.1 Å². The fourth-order valence-electron chi connectivity index (χ4n) is 2.87. The molecular formula is C19H19N5O3S. The minimum absolute atomic E-state index is 0.138. The van der Waals surface area contributed by atoms with Crippen molar-refractivity contribution < 1.29 is 14.3 Å². The number of ether oxygens (including phenoxy) is 1. The maximum Gasteiger partial charge on any atom is 0.277 e. The molecule has 8 nitrogen and oxygen atoms in total. The van der Waals surface area contributed by atoms with E-state index in [1.54, 1.807) is 16.6 Å². The molecule has 28 heavy (non-hydrogen) atoms. The van der Waals surface area contributed by atoms with Crippen LogP contribution in [0.5, 0.6) is 5.75 Å². The molecule has 2 aromatic heterocycles. The molecule has 0 radical (unpaired) electrons. The molecule has 0 bridgehead atoms. The maximum absolute atomic E-state index is 12.5. The van der Waals surface area contributed by atoms with Gasteiger partial charge in [-0.25, -0.2) is 4.98 Å². The number of fused-ring (bicyclic) bond motifs is 1. The normalized spacial score (nSPS) is 14.5. The van der Waals surface area contributed by atoms with Gasteiger partial charge in [0.05, 0.1) is 12.2 Å². The molecule has 3 heterocycles. The number of hydrogen-bond donors (Lipinski definition) is 1. The Balaban J connectivity index is 1.43. The van der Waals surface area contributed by atoms with Crippen molar-refractivity contribution in [1.29, 1.82) is 0 Å². The first-order valence-electron chi connectivity index (χ1n) is 8.83. The Morgan fingerprint density at radius 3 is 2.86 bits per heavy atom. The molecule has 1 aliphatic rings. The van der Waals surface area contributed by atoms with Gasteiger partial charge in [-0.1, -0.05) is 18.2 Å². The highest BCUT2D eigenvalue weighted by molar-refractivity contribution is 7.14. The van der Waals surface area contributed by atoms with Crippen LogP contribution in [-0.4, -0.2) is 45.1 Å². The topological polar surface area (TPSA) is 89.4 Å². The monoisotopic (exact) mass is 397 g/mol. The fourth-order valence-corrected chi connectivity index (χ4v) is 3.65. The number of benzene rings is 1. The minimum Gasteiger partial charge on any atom is -0.484 e. The summed E-state index contributed by atoms with van der Waals surface area (Å²) in [6, 6.07) is 11.0. The number of nitrogens with zero attached hydrogens (tertiary/aromatic N) is 4. The number of nitrogens with one attached hydrogen (secondary N) is 1. The lowest BCUT2D eigenvalue weighted by atomic mass is 10.3. The number of anilines is 1. The number of likely N-dealkylation sites (N-methyl/N-ethyl adjacent to an activating group) is 1. The van der Waals surface area contributed by atoms with Gasteiger partial charge in [0, 0.05) is 25.0 Å². The summed E-state index contributed by atoms with van der Waals surface area (Å²) in [6.45, 7) is 3.05. The lowest BCUT2D eigenvalue weighted by molar-refractivity contribution is 0.0742. The summed E-state index contributed by atoms with van der Waals surface area (Å²) in [5, 5.41) is 9.29. The van der Waals surface area contributed by atoms with Gasteiger partial charge in [0.15, 0.2) is 10.8 Å². The van der Waals surface area contributed by atoms with Crippen LogP contribution in [0.1, 0.15) is 39.7 Å². The smallest absolute Gasteiger partial charge is 0.277 e. The molecule has 0 fully saturated rings. The van der Waals surface area contributed by atoms with E-state index in [0.717, 1.165) is 11.4 Å². The molecule has 1 aliphatic heterocycles. The minimum atomic E-state index is -0.394. The van der Waals surface area contributed by atoms with Crippen LogP contribution in [-0.2, 0) is 6.54 Å². The van der Waals surface area contributed by atoms with Crippen molar-refractivity contribution in [2.75, 3.05) is 18.9 Å². The number of carbonyl (C=O) groups is 2. The third-order valence-electron chi connectivity index (χ3n) is 4.44. The summed E-state index contributed by atoms with van der Waals surface area (Å²) >= 11 is 1.31. The van der Waals surface area contributed by atoms with Gasteiger partial charge in [0.1, 0.15) is 17.5 Å². The van der Waals surface area contributed by atoms with Crippen LogP contribution in [0.15, 0.2) is 41.8 Å². The Hall–Kier alpha value is -3.20. The van der Waals surface area contributed by atoms with Crippen LogP contribution in [0, 0.1) is 0 Å². The SMILES string of the molecule is CC(Oc1ccccc1)c1csc(NC(=O)c2cc3n(n2)CCN(C)C3=O)n1. The molecule has 0 spiro atoms. The van der Waals surface area contributed by atoms with Crippen molar-refractivity contribution in [3.05, 3.63) is 58.9 Å². The van der Waals surface area contributed by atoms with Gasteiger partial charge in [-0.2, -0.15) is 5.10 Å². The molecule has 3 aromatic rings. The van der Waals surface area contributed by atoms with Crippen LogP contribution in [0.2, 0.25) is 0 Å². The summed E-state index contributed by atoms with van der Waals surface area (Å²) in [7, 11) is 1.73. The zero-order valence-electron chi connectivity index (χ0n) is 15.5. The highest BCUT2D eigenvalue weighted by Crippen LogP contribution is 2.25. The van der Waals surface area contributed by atoms with E-state index in [1.165, 1.54) is 17.4 Å². The summed E-state index contributed by atoms with van der Waals surface area (Å²) in [6.07, 6.45) is -0.252. The van der Waals surface area contributed by atoms with Gasteiger partial charge in [0.25, 0.3) is 11.8 Å².